The molecule has 0 aliphatic rings. The van der Waals surface area contributed by atoms with Gasteiger partial charge in [0.2, 0.25) is 0 Å². The Morgan fingerprint density at radius 2 is 2.17 bits per heavy atom. The van der Waals surface area contributed by atoms with Crippen LogP contribution in [0.1, 0.15) is 5.56 Å². The summed E-state index contributed by atoms with van der Waals surface area (Å²) in [7, 11) is 0. The molecule has 2 heterocycles. The second-order valence-electron chi connectivity index (χ2n) is 3.57. The summed E-state index contributed by atoms with van der Waals surface area (Å²) in [5.41, 5.74) is -0.348. The van der Waals surface area contributed by atoms with Gasteiger partial charge in [0, 0.05) is 18.5 Å². The second-order valence-corrected chi connectivity index (χ2v) is 3.96. The Morgan fingerprint density at radius 1 is 1.39 bits per heavy atom. The van der Waals surface area contributed by atoms with E-state index in [0.717, 1.165) is 5.56 Å². The summed E-state index contributed by atoms with van der Waals surface area (Å²) in [6.45, 7) is 0.213. The quantitative estimate of drug-likeness (QED) is 0.482. The van der Waals surface area contributed by atoms with Crippen LogP contribution >= 0.6 is 11.6 Å². The fourth-order valence-electron chi connectivity index (χ4n) is 1.48. The molecule has 0 aliphatic carbocycles. The predicted molar refractivity (Wildman–Crippen MR) is 65.7 cm³/mol. The van der Waals surface area contributed by atoms with Crippen molar-refractivity contribution in [2.75, 3.05) is 0 Å². The third-order valence-corrected chi connectivity index (χ3v) is 2.56. The lowest BCUT2D eigenvalue weighted by atomic mass is 10.3. The van der Waals surface area contributed by atoms with E-state index in [1.54, 1.807) is 12.1 Å². The highest BCUT2D eigenvalue weighted by Crippen LogP contribution is 2.07. The van der Waals surface area contributed by atoms with Crippen molar-refractivity contribution in [1.82, 2.24) is 9.55 Å². The first-order valence-corrected chi connectivity index (χ1v) is 5.40. The van der Waals surface area contributed by atoms with Crippen molar-refractivity contribution in [3.8, 4) is 0 Å². The molecule has 2 rings (SSSR count). The second kappa shape index (κ2) is 4.97. The van der Waals surface area contributed by atoms with Gasteiger partial charge in [-0.15, -0.1) is 0 Å². The van der Waals surface area contributed by atoms with Crippen molar-refractivity contribution in [3.63, 3.8) is 0 Å². The SMILES string of the molecule is O=c1c([N+](=O)[O-])cccn1Cc1ccc(Cl)nc1. The molecule has 0 saturated carbocycles. The first-order chi connectivity index (χ1) is 8.58. The van der Waals surface area contributed by atoms with E-state index in [1.165, 1.54) is 29.1 Å². The van der Waals surface area contributed by atoms with Crippen LogP contribution in [0.3, 0.4) is 0 Å². The van der Waals surface area contributed by atoms with Crippen molar-refractivity contribution in [3.05, 3.63) is 67.8 Å². The summed E-state index contributed by atoms with van der Waals surface area (Å²) >= 11 is 5.64. The third kappa shape index (κ3) is 2.54. The van der Waals surface area contributed by atoms with E-state index in [2.05, 4.69) is 4.98 Å². The van der Waals surface area contributed by atoms with Crippen molar-refractivity contribution in [1.29, 1.82) is 0 Å². The van der Waals surface area contributed by atoms with Crippen LogP contribution in [0.4, 0.5) is 5.69 Å². The monoisotopic (exact) mass is 265 g/mol. The number of hydrogen-bond acceptors (Lipinski definition) is 4. The fourth-order valence-corrected chi connectivity index (χ4v) is 1.60. The molecule has 0 radical (unpaired) electrons. The summed E-state index contributed by atoms with van der Waals surface area (Å²) < 4.78 is 1.25. The largest absolute Gasteiger partial charge is 0.334 e. The van der Waals surface area contributed by atoms with E-state index in [4.69, 9.17) is 11.6 Å². The van der Waals surface area contributed by atoms with Crippen LogP contribution in [0.5, 0.6) is 0 Å². The van der Waals surface area contributed by atoms with E-state index in [-0.39, 0.29) is 6.54 Å². The molecule has 7 heteroatoms. The molecule has 6 nitrogen and oxygen atoms in total. The van der Waals surface area contributed by atoms with Gasteiger partial charge in [0.25, 0.3) is 0 Å². The Hall–Kier alpha value is -2.21. The first-order valence-electron chi connectivity index (χ1n) is 5.02. The van der Waals surface area contributed by atoms with E-state index < -0.39 is 16.2 Å². The van der Waals surface area contributed by atoms with Gasteiger partial charge in [0.1, 0.15) is 5.15 Å². The minimum atomic E-state index is -0.695. The van der Waals surface area contributed by atoms with Crippen LogP contribution in [0, 0.1) is 10.1 Å². The predicted octanol–water partition coefficient (Wildman–Crippen LogP) is 1.85. The average molecular weight is 266 g/mol. The van der Waals surface area contributed by atoms with Crippen LogP contribution in [0.15, 0.2) is 41.5 Å². The molecular formula is C11H8ClN3O3. The van der Waals surface area contributed by atoms with Crippen molar-refractivity contribution in [2.24, 2.45) is 0 Å². The maximum atomic E-state index is 11.8. The molecule has 92 valence electrons. The fraction of sp³-hybridized carbons (Fsp3) is 0.0909. The number of halogens is 1. The number of nitrogens with zero attached hydrogens (tertiary/aromatic N) is 3. The van der Waals surface area contributed by atoms with Gasteiger partial charge in [-0.2, -0.15) is 0 Å². The normalized spacial score (nSPS) is 10.3. The van der Waals surface area contributed by atoms with E-state index in [1.807, 2.05) is 0 Å². The Kier molecular flexibility index (Phi) is 3.38. The molecule has 0 saturated heterocycles. The van der Waals surface area contributed by atoms with Gasteiger partial charge < -0.3 is 4.57 Å². The van der Waals surface area contributed by atoms with Gasteiger partial charge in [-0.1, -0.05) is 17.7 Å². The maximum absolute atomic E-state index is 11.8. The molecule has 0 aliphatic heterocycles. The van der Waals surface area contributed by atoms with Gasteiger partial charge in [0.15, 0.2) is 0 Å². The molecule has 0 N–H and O–H groups in total. The molecule has 0 amide bonds. The Bertz CT molecular complexity index is 637. The first kappa shape index (κ1) is 12.3. The molecule has 0 aromatic carbocycles. The minimum Gasteiger partial charge on any atom is -0.305 e. The molecule has 0 spiro atoms. The third-order valence-electron chi connectivity index (χ3n) is 2.34. The number of hydrogen-bond donors (Lipinski definition) is 0. The number of rotatable bonds is 3. The number of nitro groups is 1. The van der Waals surface area contributed by atoms with Crippen LogP contribution < -0.4 is 5.56 Å². The van der Waals surface area contributed by atoms with E-state index in [0.29, 0.717) is 5.15 Å². The minimum absolute atomic E-state index is 0.213. The van der Waals surface area contributed by atoms with Crippen LogP contribution in [0.2, 0.25) is 5.15 Å². The van der Waals surface area contributed by atoms with Crippen molar-refractivity contribution in [2.45, 2.75) is 6.54 Å². The van der Waals surface area contributed by atoms with Gasteiger partial charge in [-0.05, 0) is 17.7 Å². The van der Waals surface area contributed by atoms with E-state index >= 15 is 0 Å². The molecule has 2 aromatic heterocycles. The molecule has 0 unspecified atom stereocenters. The molecule has 0 atom stereocenters. The molecule has 18 heavy (non-hydrogen) atoms. The smallest absolute Gasteiger partial charge is 0.305 e. The summed E-state index contributed by atoms with van der Waals surface area (Å²) in [6.07, 6.45) is 3.01. The molecular weight excluding hydrogens is 258 g/mol. The van der Waals surface area contributed by atoms with Gasteiger partial charge in [-0.25, -0.2) is 4.98 Å². The van der Waals surface area contributed by atoms with Gasteiger partial charge in [-0.3, -0.25) is 14.9 Å². The van der Waals surface area contributed by atoms with E-state index in [9.17, 15) is 14.9 Å². The lowest BCUT2D eigenvalue weighted by Crippen LogP contribution is -2.22. The van der Waals surface area contributed by atoms with Crippen LogP contribution in [-0.2, 0) is 6.54 Å². The summed E-state index contributed by atoms with van der Waals surface area (Å²) in [5.74, 6) is 0. The lowest BCUT2D eigenvalue weighted by Gasteiger charge is -2.04. The van der Waals surface area contributed by atoms with Crippen molar-refractivity contribution >= 4 is 17.3 Å². The van der Waals surface area contributed by atoms with Crippen LogP contribution in [0.25, 0.3) is 0 Å². The molecule has 2 aromatic rings. The maximum Gasteiger partial charge on any atom is 0.334 e. The topological polar surface area (TPSA) is 78.0 Å². The zero-order chi connectivity index (χ0) is 13.1. The Balaban J connectivity index is 2.35. The van der Waals surface area contributed by atoms with Crippen molar-refractivity contribution < 1.29 is 4.92 Å². The standard InChI is InChI=1S/C11H8ClN3O3/c12-10-4-3-8(6-13-10)7-14-5-1-2-9(11(14)16)15(17)18/h1-6H,7H2. The zero-order valence-corrected chi connectivity index (χ0v) is 9.87. The Morgan fingerprint density at radius 3 is 2.78 bits per heavy atom. The number of aromatic nitrogens is 2. The summed E-state index contributed by atoms with van der Waals surface area (Å²) in [5, 5.41) is 11.0. The zero-order valence-electron chi connectivity index (χ0n) is 9.12. The highest BCUT2D eigenvalue weighted by atomic mass is 35.5. The lowest BCUT2D eigenvalue weighted by molar-refractivity contribution is -0.386. The Labute approximate surface area is 107 Å². The van der Waals surface area contributed by atoms with Gasteiger partial charge in [0.05, 0.1) is 11.5 Å². The summed E-state index contributed by atoms with van der Waals surface area (Å²) in [4.78, 5) is 25.6. The molecule has 0 bridgehead atoms. The number of pyridine rings is 2. The highest BCUT2D eigenvalue weighted by Gasteiger charge is 2.13. The highest BCUT2D eigenvalue weighted by molar-refractivity contribution is 6.29. The average Bonchev–Trinajstić information content (AvgIpc) is 2.34. The summed E-state index contributed by atoms with van der Waals surface area (Å²) in [6, 6.07) is 5.95. The molecule has 0 fully saturated rings. The van der Waals surface area contributed by atoms with Gasteiger partial charge >= 0.3 is 11.2 Å². The van der Waals surface area contributed by atoms with Crippen LogP contribution in [-0.4, -0.2) is 14.5 Å².